The highest BCUT2D eigenvalue weighted by atomic mass is 16.5. The van der Waals surface area contributed by atoms with Gasteiger partial charge in [-0.25, -0.2) is 10.4 Å². The maximum Gasteiger partial charge on any atom is 0.324 e. The average Bonchev–Trinajstić information content (AvgIpc) is 3.95. The number of amides is 2. The van der Waals surface area contributed by atoms with Crippen LogP contribution in [0.15, 0.2) is 108 Å². The Balaban J connectivity index is 0.995. The third-order valence-corrected chi connectivity index (χ3v) is 14.3. The fourth-order valence-corrected chi connectivity index (χ4v) is 10.3. The van der Waals surface area contributed by atoms with Crippen LogP contribution in [0.2, 0.25) is 0 Å². The maximum atomic E-state index is 14.7. The maximum absolute atomic E-state index is 14.7. The quantitative estimate of drug-likeness (QED) is 0.107. The summed E-state index contributed by atoms with van der Waals surface area (Å²) >= 11 is 0. The van der Waals surface area contributed by atoms with Crippen molar-refractivity contribution in [3.05, 3.63) is 132 Å². The van der Waals surface area contributed by atoms with Crippen LogP contribution in [0.25, 0.3) is 33.6 Å². The van der Waals surface area contributed by atoms with Gasteiger partial charge in [-0.05, 0) is 86.1 Å². The Hall–Kier alpha value is -6.19. The number of pyridine rings is 1. The molecule has 9 rings (SSSR count). The van der Waals surface area contributed by atoms with Crippen LogP contribution < -0.4 is 10.7 Å². The van der Waals surface area contributed by atoms with Crippen molar-refractivity contribution in [2.45, 2.75) is 104 Å². The van der Waals surface area contributed by atoms with Crippen LogP contribution >= 0.6 is 0 Å². The monoisotopic (exact) mass is 950 g/mol. The van der Waals surface area contributed by atoms with Crippen LogP contribution in [0.3, 0.4) is 0 Å². The predicted octanol–water partition coefficient (Wildman–Crippen LogP) is 8.50. The highest BCUT2D eigenvalue weighted by Gasteiger charge is 2.39. The second-order valence-corrected chi connectivity index (χ2v) is 20.3. The standard InChI is InChI=1S/C56H67N7O7/c1-8-62-48-24-23-39-27-43(48)44(51(62)42-21-15-25-57-49(42)36(4)67-7)29-56(5,6)34-70-55(66)46-22-16-26-63(60-46)54(65)47(28-40-32-69-53(39)58-40)59-52(64)45(35(2)3)33-68-41-30-61(31-41)50(37-17-11-9-12-18-37)38-19-13-10-14-20-38/h9-15,17-21,23-25,27,32,35-36,41,45-47,50,60H,8,16,22,26,28-31,33-34H2,1-7H3,(H,59,64)/t36-,45-,46-,47-/m0/s1. The number of hydrazine groups is 1. The summed E-state index contributed by atoms with van der Waals surface area (Å²) < 4.78 is 27.0. The third-order valence-electron chi connectivity index (χ3n) is 14.3. The largest absolute Gasteiger partial charge is 0.464 e. The van der Waals surface area contributed by atoms with E-state index in [0.717, 1.165) is 52.1 Å². The fourth-order valence-electron chi connectivity index (χ4n) is 10.3. The van der Waals surface area contributed by atoms with Gasteiger partial charge in [0, 0.05) is 73.4 Å². The van der Waals surface area contributed by atoms with Gasteiger partial charge in [0.15, 0.2) is 0 Å². The number of benzene rings is 3. The number of fused-ring (bicyclic) bond motifs is 6. The minimum Gasteiger partial charge on any atom is -0.464 e. The van der Waals surface area contributed by atoms with E-state index >= 15 is 0 Å². The molecule has 14 nitrogen and oxygen atoms in total. The second kappa shape index (κ2) is 21.0. The zero-order chi connectivity index (χ0) is 49.1. The van der Waals surface area contributed by atoms with Gasteiger partial charge in [0.1, 0.15) is 18.3 Å². The van der Waals surface area contributed by atoms with Gasteiger partial charge in [-0.3, -0.25) is 29.3 Å². The smallest absolute Gasteiger partial charge is 0.324 e. The van der Waals surface area contributed by atoms with Crippen molar-refractivity contribution in [2.75, 3.05) is 40.0 Å². The van der Waals surface area contributed by atoms with Gasteiger partial charge in [-0.2, -0.15) is 0 Å². The molecule has 0 unspecified atom stereocenters. The van der Waals surface area contributed by atoms with Crippen LogP contribution in [0.5, 0.6) is 0 Å². The highest BCUT2D eigenvalue weighted by molar-refractivity contribution is 5.95. The molecule has 3 aromatic heterocycles. The first kappa shape index (κ1) is 48.8. The Kier molecular flexibility index (Phi) is 14.7. The molecule has 2 fully saturated rings. The lowest BCUT2D eigenvalue weighted by Gasteiger charge is -2.45. The van der Waals surface area contributed by atoms with E-state index in [1.54, 1.807) is 19.6 Å². The lowest BCUT2D eigenvalue weighted by atomic mass is 9.84. The van der Waals surface area contributed by atoms with E-state index in [-0.39, 0.29) is 55.6 Å². The Morgan fingerprint density at radius 3 is 2.39 bits per heavy atom. The van der Waals surface area contributed by atoms with Crippen LogP contribution in [0.1, 0.15) is 94.6 Å². The number of nitrogens with one attached hydrogen (secondary N) is 2. The third kappa shape index (κ3) is 10.3. The van der Waals surface area contributed by atoms with E-state index in [1.165, 1.54) is 16.1 Å². The summed E-state index contributed by atoms with van der Waals surface area (Å²) in [6, 6.07) is 29.6. The number of carbonyl (C=O) groups excluding carboxylic acids is 3. The number of rotatable bonds is 13. The summed E-state index contributed by atoms with van der Waals surface area (Å²) in [5, 5.41) is 5.59. The van der Waals surface area contributed by atoms with Crippen molar-refractivity contribution in [3.8, 4) is 22.7 Å². The molecule has 3 aliphatic rings. The highest BCUT2D eigenvalue weighted by Crippen LogP contribution is 2.42. The molecule has 0 spiro atoms. The number of likely N-dealkylation sites (tertiary alicyclic amines) is 1. The van der Waals surface area contributed by atoms with Crippen molar-refractivity contribution >= 4 is 28.7 Å². The molecule has 0 aliphatic carbocycles. The lowest BCUT2D eigenvalue weighted by Crippen LogP contribution is -2.61. The van der Waals surface area contributed by atoms with Gasteiger partial charge in [0.25, 0.3) is 5.91 Å². The molecule has 3 aliphatic heterocycles. The number of nitrogens with zero attached hydrogens (tertiary/aromatic N) is 5. The molecule has 6 heterocycles. The van der Waals surface area contributed by atoms with Crippen LogP contribution in [-0.4, -0.2) is 100 Å². The average molecular weight is 950 g/mol. The molecule has 368 valence electrons. The molecule has 2 amide bonds. The molecule has 6 bridgehead atoms. The summed E-state index contributed by atoms with van der Waals surface area (Å²) in [6.07, 6.45) is 4.75. The van der Waals surface area contributed by atoms with Crippen molar-refractivity contribution in [1.29, 1.82) is 0 Å². The van der Waals surface area contributed by atoms with Gasteiger partial charge >= 0.3 is 5.97 Å². The number of ether oxygens (including phenoxy) is 3. The van der Waals surface area contributed by atoms with Crippen molar-refractivity contribution in [3.63, 3.8) is 0 Å². The minimum atomic E-state index is -1.03. The molecule has 2 N–H and O–H groups in total. The molecule has 2 saturated heterocycles. The molecule has 14 heteroatoms. The second-order valence-electron chi connectivity index (χ2n) is 20.3. The number of aryl methyl sites for hydroxylation is 1. The first-order valence-electron chi connectivity index (χ1n) is 24.9. The van der Waals surface area contributed by atoms with Crippen molar-refractivity contribution in [1.82, 2.24) is 35.2 Å². The number of cyclic esters (lactones) is 1. The fraction of sp³-hybridized carbons (Fsp3) is 0.446. The van der Waals surface area contributed by atoms with Gasteiger partial charge in [-0.1, -0.05) is 88.4 Å². The molecule has 6 aromatic rings. The Morgan fingerprint density at radius 2 is 1.70 bits per heavy atom. The van der Waals surface area contributed by atoms with Crippen LogP contribution in [0, 0.1) is 17.3 Å². The van der Waals surface area contributed by atoms with E-state index in [0.29, 0.717) is 43.9 Å². The zero-order valence-corrected chi connectivity index (χ0v) is 41.5. The predicted molar refractivity (Wildman–Crippen MR) is 268 cm³/mol. The molecule has 0 radical (unpaired) electrons. The van der Waals surface area contributed by atoms with Crippen LogP contribution in [0.4, 0.5) is 0 Å². The van der Waals surface area contributed by atoms with Gasteiger partial charge in [0.05, 0.1) is 54.5 Å². The molecule has 4 atom stereocenters. The Morgan fingerprint density at radius 1 is 0.971 bits per heavy atom. The van der Waals surface area contributed by atoms with Crippen molar-refractivity contribution in [2.24, 2.45) is 17.3 Å². The zero-order valence-electron chi connectivity index (χ0n) is 41.5. The SMILES string of the molecule is CCn1c(-c2cccnc2[C@H](C)OC)c2c3cc(ccc31)-c1nc(co1)C[C@H](NC(=O)[C@@H](COC1CN(C(c3ccccc3)c3ccccc3)C1)C(C)C)C(=O)N1CCC[C@H](N1)C(=O)OCC(C)(C)C2. The minimum absolute atomic E-state index is 0.0512. The molecule has 70 heavy (non-hydrogen) atoms. The first-order chi connectivity index (χ1) is 33.8. The first-order valence-corrected chi connectivity index (χ1v) is 24.9. The van der Waals surface area contributed by atoms with Gasteiger partial charge < -0.3 is 28.5 Å². The molecule has 0 saturated carbocycles. The molecule has 3 aromatic carbocycles. The number of esters is 1. The number of methoxy groups -OCH3 is 1. The van der Waals surface area contributed by atoms with E-state index < -0.39 is 29.4 Å². The van der Waals surface area contributed by atoms with Crippen molar-refractivity contribution < 1.29 is 33.0 Å². The van der Waals surface area contributed by atoms with E-state index in [9.17, 15) is 14.4 Å². The Bertz CT molecular complexity index is 2740. The summed E-state index contributed by atoms with van der Waals surface area (Å²) in [5.74, 6) is -1.32. The summed E-state index contributed by atoms with van der Waals surface area (Å²) in [4.78, 5) is 55.2. The van der Waals surface area contributed by atoms with Gasteiger partial charge in [0.2, 0.25) is 11.8 Å². The normalized spacial score (nSPS) is 20.0. The molecular formula is C56H67N7O7. The number of carbonyl (C=O) groups is 3. The Labute approximate surface area is 411 Å². The van der Waals surface area contributed by atoms with Gasteiger partial charge in [-0.15, -0.1) is 0 Å². The van der Waals surface area contributed by atoms with Crippen LogP contribution in [-0.2, 0) is 48.0 Å². The van der Waals surface area contributed by atoms with E-state index in [2.05, 4.69) is 108 Å². The number of hydrogen-bond donors (Lipinski definition) is 2. The number of hydrogen-bond acceptors (Lipinski definition) is 11. The summed E-state index contributed by atoms with van der Waals surface area (Å²) in [5.41, 5.74) is 11.3. The van der Waals surface area contributed by atoms with E-state index in [4.69, 9.17) is 28.6 Å². The molecular weight excluding hydrogens is 883 g/mol. The number of oxazole rings is 1. The lowest BCUT2D eigenvalue weighted by molar-refractivity contribution is -0.155. The van der Waals surface area contributed by atoms with E-state index in [1.807, 2.05) is 45.0 Å². The summed E-state index contributed by atoms with van der Waals surface area (Å²) in [6.45, 7) is 15.2. The summed E-state index contributed by atoms with van der Waals surface area (Å²) in [7, 11) is 1.69. The topological polar surface area (TPSA) is 153 Å². The number of aromatic nitrogens is 3.